The summed E-state index contributed by atoms with van der Waals surface area (Å²) in [5.41, 5.74) is 1.73. The van der Waals surface area contributed by atoms with E-state index in [0.717, 1.165) is 24.1 Å². The Hall–Kier alpha value is -0.510. The molecule has 0 spiro atoms. The van der Waals surface area contributed by atoms with Crippen LogP contribution in [0.2, 0.25) is 10.0 Å². The quantitative estimate of drug-likeness (QED) is 0.689. The molecule has 15 heavy (non-hydrogen) atoms. The lowest BCUT2D eigenvalue weighted by molar-refractivity contribution is 0.265. The van der Waals surface area contributed by atoms with E-state index in [-0.39, 0.29) is 5.24 Å². The fourth-order valence-electron chi connectivity index (χ4n) is 1.83. The third-order valence-corrected chi connectivity index (χ3v) is 3.15. The lowest BCUT2D eigenvalue weighted by atomic mass is 10.0. The van der Waals surface area contributed by atoms with Crippen molar-refractivity contribution in [1.29, 1.82) is 0 Å². The summed E-state index contributed by atoms with van der Waals surface area (Å²) in [6, 6.07) is 3.48. The van der Waals surface area contributed by atoms with Gasteiger partial charge >= 0.3 is 5.24 Å². The van der Waals surface area contributed by atoms with Crippen molar-refractivity contribution in [2.24, 2.45) is 0 Å². The van der Waals surface area contributed by atoms with Gasteiger partial charge in [0.05, 0.1) is 10.7 Å². The molecule has 0 saturated heterocycles. The largest absolute Gasteiger partial charge is 0.317 e. The number of amides is 1. The molecular formula is C10H8Cl2NOS. The number of benzene rings is 1. The summed E-state index contributed by atoms with van der Waals surface area (Å²) in [5.74, 6) is 0. The monoisotopic (exact) mass is 260 g/mol. The summed E-state index contributed by atoms with van der Waals surface area (Å²) in [7, 11) is 0. The zero-order valence-electron chi connectivity index (χ0n) is 7.80. The molecule has 1 aliphatic heterocycles. The van der Waals surface area contributed by atoms with Crippen LogP contribution < -0.4 is 4.90 Å². The number of anilines is 1. The fourth-order valence-corrected chi connectivity index (χ4v) is 2.65. The second-order valence-electron chi connectivity index (χ2n) is 3.42. The Morgan fingerprint density at radius 3 is 2.80 bits per heavy atom. The van der Waals surface area contributed by atoms with Gasteiger partial charge in [-0.2, -0.15) is 0 Å². The molecule has 1 amide bonds. The van der Waals surface area contributed by atoms with Crippen LogP contribution in [0.4, 0.5) is 10.5 Å². The minimum Gasteiger partial charge on any atom is -0.298 e. The molecule has 0 N–H and O–H groups in total. The molecule has 1 radical (unpaired) electrons. The third-order valence-electron chi connectivity index (χ3n) is 2.43. The Bertz CT molecular complexity index is 422. The number of hydrogen-bond donors (Lipinski definition) is 0. The fraction of sp³-hybridized carbons (Fsp3) is 0.300. The van der Waals surface area contributed by atoms with Gasteiger partial charge in [-0.25, -0.2) is 0 Å². The van der Waals surface area contributed by atoms with Crippen molar-refractivity contribution in [2.75, 3.05) is 11.4 Å². The van der Waals surface area contributed by atoms with Crippen molar-refractivity contribution >= 4 is 46.8 Å². The van der Waals surface area contributed by atoms with Gasteiger partial charge in [0, 0.05) is 11.6 Å². The number of rotatable bonds is 0. The highest BCUT2D eigenvalue weighted by Crippen LogP contribution is 2.37. The molecule has 1 aliphatic rings. The lowest BCUT2D eigenvalue weighted by Gasteiger charge is -2.28. The summed E-state index contributed by atoms with van der Waals surface area (Å²) in [6.45, 7) is 0.636. The van der Waals surface area contributed by atoms with Crippen LogP contribution in [0.1, 0.15) is 12.0 Å². The Labute approximate surface area is 104 Å². The molecule has 1 aromatic carbocycles. The van der Waals surface area contributed by atoms with Crippen molar-refractivity contribution in [1.82, 2.24) is 0 Å². The average molecular weight is 261 g/mol. The minimum absolute atomic E-state index is 0.389. The second-order valence-corrected chi connectivity index (χ2v) is 4.61. The molecule has 0 saturated carbocycles. The maximum absolute atomic E-state index is 11.2. The zero-order chi connectivity index (χ0) is 11.0. The molecule has 0 unspecified atom stereocenters. The first kappa shape index (κ1) is 11.0. The number of fused-ring (bicyclic) bond motifs is 1. The van der Waals surface area contributed by atoms with Crippen molar-refractivity contribution in [3.63, 3.8) is 0 Å². The van der Waals surface area contributed by atoms with Crippen LogP contribution in [-0.2, 0) is 6.42 Å². The SMILES string of the molecule is O=C([S])N1CCCc2cc(Cl)cc(Cl)c21. The summed E-state index contributed by atoms with van der Waals surface area (Å²) in [6.07, 6.45) is 1.78. The molecule has 0 aromatic heterocycles. The van der Waals surface area contributed by atoms with E-state index in [1.807, 2.05) is 6.07 Å². The van der Waals surface area contributed by atoms with E-state index in [4.69, 9.17) is 23.2 Å². The Balaban J connectivity index is 2.55. The number of halogens is 2. The number of carbonyl (C=O) groups excluding carboxylic acids is 1. The smallest absolute Gasteiger partial charge is 0.298 e. The molecule has 0 fully saturated rings. The number of aryl methyl sites for hydroxylation is 1. The van der Waals surface area contributed by atoms with Gasteiger partial charge in [0.25, 0.3) is 0 Å². The average Bonchev–Trinajstić information content (AvgIpc) is 2.16. The lowest BCUT2D eigenvalue weighted by Crippen LogP contribution is -2.31. The maximum atomic E-state index is 11.2. The maximum Gasteiger partial charge on any atom is 0.317 e. The van der Waals surface area contributed by atoms with Crippen LogP contribution in [0.25, 0.3) is 0 Å². The van der Waals surface area contributed by atoms with Gasteiger partial charge in [-0.1, -0.05) is 23.2 Å². The highest BCUT2D eigenvalue weighted by atomic mass is 35.5. The molecule has 79 valence electrons. The topological polar surface area (TPSA) is 20.3 Å². The van der Waals surface area contributed by atoms with Gasteiger partial charge in [0.15, 0.2) is 0 Å². The molecule has 2 rings (SSSR count). The van der Waals surface area contributed by atoms with E-state index in [9.17, 15) is 4.79 Å². The predicted molar refractivity (Wildman–Crippen MR) is 65.1 cm³/mol. The summed E-state index contributed by atoms with van der Waals surface area (Å²) in [4.78, 5) is 12.8. The molecule has 0 atom stereocenters. The Morgan fingerprint density at radius 1 is 1.40 bits per heavy atom. The van der Waals surface area contributed by atoms with Gasteiger partial charge in [-0.3, -0.25) is 9.69 Å². The molecule has 1 aromatic rings. The first-order valence-corrected chi connectivity index (χ1v) is 5.72. The van der Waals surface area contributed by atoms with Crippen LogP contribution >= 0.6 is 35.8 Å². The van der Waals surface area contributed by atoms with Crippen LogP contribution in [-0.4, -0.2) is 11.8 Å². The molecule has 1 heterocycles. The number of nitrogens with zero attached hydrogens (tertiary/aromatic N) is 1. The van der Waals surface area contributed by atoms with E-state index in [1.54, 1.807) is 6.07 Å². The standard InChI is InChI=1S/C10H8Cl2NOS/c11-7-4-6-2-1-3-13(10(14)15)9(6)8(12)5-7/h4-5H,1-3H2. The van der Waals surface area contributed by atoms with Gasteiger partial charge in [0.2, 0.25) is 0 Å². The van der Waals surface area contributed by atoms with Gasteiger partial charge in [0.1, 0.15) is 0 Å². The van der Waals surface area contributed by atoms with Crippen LogP contribution in [0, 0.1) is 0 Å². The first-order chi connectivity index (χ1) is 7.09. The summed E-state index contributed by atoms with van der Waals surface area (Å²) < 4.78 is 0. The molecular weight excluding hydrogens is 253 g/mol. The zero-order valence-corrected chi connectivity index (χ0v) is 10.1. The first-order valence-electron chi connectivity index (χ1n) is 4.56. The number of hydrogen-bond acceptors (Lipinski definition) is 1. The van der Waals surface area contributed by atoms with E-state index < -0.39 is 0 Å². The van der Waals surface area contributed by atoms with Gasteiger partial charge < -0.3 is 0 Å². The Morgan fingerprint density at radius 2 is 2.13 bits per heavy atom. The molecule has 0 bridgehead atoms. The molecule has 5 heteroatoms. The summed E-state index contributed by atoms with van der Waals surface area (Å²) in [5, 5.41) is 0.702. The third kappa shape index (κ3) is 2.05. The van der Waals surface area contributed by atoms with E-state index in [2.05, 4.69) is 12.6 Å². The highest BCUT2D eigenvalue weighted by molar-refractivity contribution is 7.96. The van der Waals surface area contributed by atoms with Crippen molar-refractivity contribution in [3.05, 3.63) is 27.7 Å². The number of carbonyl (C=O) groups is 1. The van der Waals surface area contributed by atoms with Gasteiger partial charge in [-0.15, -0.1) is 0 Å². The Kier molecular flexibility index (Phi) is 3.05. The second kappa shape index (κ2) is 4.16. The molecule has 0 aliphatic carbocycles. The van der Waals surface area contributed by atoms with Crippen LogP contribution in [0.3, 0.4) is 0 Å². The van der Waals surface area contributed by atoms with Crippen LogP contribution in [0.15, 0.2) is 12.1 Å². The highest BCUT2D eigenvalue weighted by Gasteiger charge is 2.24. The summed E-state index contributed by atoms with van der Waals surface area (Å²) >= 11 is 16.6. The minimum atomic E-state index is -0.389. The van der Waals surface area contributed by atoms with Crippen molar-refractivity contribution < 1.29 is 4.79 Å². The molecule has 2 nitrogen and oxygen atoms in total. The van der Waals surface area contributed by atoms with Crippen molar-refractivity contribution in [3.8, 4) is 0 Å². The predicted octanol–water partition coefficient (Wildman–Crippen LogP) is 4.06. The normalized spacial score (nSPS) is 14.9. The van der Waals surface area contributed by atoms with Gasteiger partial charge in [-0.05, 0) is 43.2 Å². The van der Waals surface area contributed by atoms with E-state index >= 15 is 0 Å². The van der Waals surface area contributed by atoms with E-state index in [0.29, 0.717) is 16.6 Å². The van der Waals surface area contributed by atoms with Crippen molar-refractivity contribution in [2.45, 2.75) is 12.8 Å². The van der Waals surface area contributed by atoms with E-state index in [1.165, 1.54) is 4.90 Å². The van der Waals surface area contributed by atoms with Crippen LogP contribution in [0.5, 0.6) is 0 Å².